The molecule has 66 valence electrons. The fraction of sp³-hybridized carbons (Fsp3) is 0.222. The van der Waals surface area contributed by atoms with Gasteiger partial charge in [0, 0.05) is 5.69 Å². The normalized spacial score (nSPS) is 9.08. The van der Waals surface area contributed by atoms with Crippen LogP contribution in [0.1, 0.15) is 21.7 Å². The minimum Gasteiger partial charge on any atom is -0.266 e. The van der Waals surface area contributed by atoms with Crippen molar-refractivity contribution in [1.29, 1.82) is 0 Å². The highest BCUT2D eigenvalue weighted by Gasteiger charge is 2.07. The highest BCUT2D eigenvalue weighted by Crippen LogP contribution is 2.07. The summed E-state index contributed by atoms with van der Waals surface area (Å²) in [7, 11) is 0. The predicted octanol–water partition coefficient (Wildman–Crippen LogP) is 1.17. The van der Waals surface area contributed by atoms with E-state index < -0.39 is 5.91 Å². The van der Waals surface area contributed by atoms with E-state index in [9.17, 15) is 9.59 Å². The minimum absolute atomic E-state index is 0.342. The first-order valence-electron chi connectivity index (χ1n) is 3.71. The average molecular weight is 176 g/mol. The molecule has 4 heteroatoms. The highest BCUT2D eigenvalue weighted by atomic mass is 16.2. The fourth-order valence-corrected chi connectivity index (χ4v) is 1.01. The first-order chi connectivity index (χ1) is 6.15. The van der Waals surface area contributed by atoms with Crippen LogP contribution in [0.3, 0.4) is 0 Å². The molecule has 0 fully saturated rings. The second-order valence-corrected chi connectivity index (χ2v) is 2.59. The van der Waals surface area contributed by atoms with Crippen molar-refractivity contribution in [3.05, 3.63) is 29.1 Å². The number of aliphatic imine (C=N–C) groups is 1. The van der Waals surface area contributed by atoms with Crippen molar-refractivity contribution in [2.24, 2.45) is 4.99 Å². The van der Waals surface area contributed by atoms with Gasteiger partial charge in [0.25, 0.3) is 5.91 Å². The Labute approximate surface area is 75.3 Å². The van der Waals surface area contributed by atoms with Crippen molar-refractivity contribution in [2.75, 3.05) is 0 Å². The number of carbonyl (C=O) groups excluding carboxylic acids is 2. The lowest BCUT2D eigenvalue weighted by Crippen LogP contribution is -2.00. The number of isocyanates is 1. The van der Waals surface area contributed by atoms with Crippen LogP contribution in [0.2, 0.25) is 0 Å². The standard InChI is InChI=1S/C9H8N2O2/c1-6-3-4-8(7(2)11-6)9(13)10-5-12/h3-4H,1-2H3. The maximum absolute atomic E-state index is 11.1. The van der Waals surface area contributed by atoms with Crippen LogP contribution in [0.15, 0.2) is 17.1 Å². The van der Waals surface area contributed by atoms with Gasteiger partial charge in [-0.1, -0.05) is 0 Å². The lowest BCUT2D eigenvalue weighted by Gasteiger charge is -1.99. The Morgan fingerprint density at radius 2 is 2.15 bits per heavy atom. The molecule has 0 aromatic carbocycles. The van der Waals surface area contributed by atoms with Crippen molar-refractivity contribution in [1.82, 2.24) is 4.98 Å². The third kappa shape index (κ3) is 2.07. The summed E-state index contributed by atoms with van der Waals surface area (Å²) in [5.41, 5.74) is 1.74. The number of amides is 1. The van der Waals surface area contributed by atoms with Crippen LogP contribution >= 0.6 is 0 Å². The highest BCUT2D eigenvalue weighted by molar-refractivity contribution is 5.98. The Balaban J connectivity index is 3.16. The van der Waals surface area contributed by atoms with E-state index in [1.807, 2.05) is 6.92 Å². The van der Waals surface area contributed by atoms with Crippen LogP contribution in [0, 0.1) is 13.8 Å². The zero-order valence-corrected chi connectivity index (χ0v) is 7.37. The van der Waals surface area contributed by atoms with Gasteiger partial charge >= 0.3 is 0 Å². The van der Waals surface area contributed by atoms with Crippen LogP contribution in [0.4, 0.5) is 0 Å². The van der Waals surface area contributed by atoms with Crippen LogP contribution in [0.25, 0.3) is 0 Å². The largest absolute Gasteiger partial charge is 0.289 e. The molecule has 0 aliphatic carbocycles. The van der Waals surface area contributed by atoms with Gasteiger partial charge in [-0.2, -0.15) is 0 Å². The molecular formula is C9H8N2O2. The lowest BCUT2D eigenvalue weighted by atomic mass is 10.2. The van der Waals surface area contributed by atoms with Crippen LogP contribution in [-0.2, 0) is 4.79 Å². The number of aryl methyl sites for hydroxylation is 2. The summed E-state index contributed by atoms with van der Waals surface area (Å²) in [6.45, 7) is 3.52. The van der Waals surface area contributed by atoms with E-state index in [0.29, 0.717) is 11.3 Å². The molecule has 13 heavy (non-hydrogen) atoms. The van der Waals surface area contributed by atoms with E-state index in [0.717, 1.165) is 5.69 Å². The van der Waals surface area contributed by atoms with Crippen molar-refractivity contribution >= 4 is 12.0 Å². The zero-order chi connectivity index (χ0) is 9.84. The molecule has 0 radical (unpaired) electrons. The van der Waals surface area contributed by atoms with Crippen LogP contribution in [-0.4, -0.2) is 17.0 Å². The number of pyridine rings is 1. The fourth-order valence-electron chi connectivity index (χ4n) is 1.01. The van der Waals surface area contributed by atoms with Gasteiger partial charge < -0.3 is 0 Å². The number of aromatic nitrogens is 1. The molecule has 1 amide bonds. The zero-order valence-electron chi connectivity index (χ0n) is 7.37. The van der Waals surface area contributed by atoms with Gasteiger partial charge in [-0.3, -0.25) is 9.78 Å². The SMILES string of the molecule is Cc1ccc(C(=O)N=C=O)c(C)n1. The van der Waals surface area contributed by atoms with Gasteiger partial charge in [0.15, 0.2) is 0 Å². The van der Waals surface area contributed by atoms with Gasteiger partial charge in [-0.25, -0.2) is 4.79 Å². The first-order valence-corrected chi connectivity index (χ1v) is 3.71. The van der Waals surface area contributed by atoms with E-state index in [4.69, 9.17) is 0 Å². The van der Waals surface area contributed by atoms with Crippen molar-refractivity contribution in [3.8, 4) is 0 Å². The molecule has 0 saturated heterocycles. The van der Waals surface area contributed by atoms with Gasteiger partial charge in [0.1, 0.15) is 0 Å². The average Bonchev–Trinajstić information content (AvgIpc) is 2.04. The van der Waals surface area contributed by atoms with Crippen molar-refractivity contribution in [3.63, 3.8) is 0 Å². The van der Waals surface area contributed by atoms with Crippen LogP contribution in [0.5, 0.6) is 0 Å². The van der Waals surface area contributed by atoms with Gasteiger partial charge in [0.2, 0.25) is 6.08 Å². The molecule has 0 aliphatic rings. The third-order valence-electron chi connectivity index (χ3n) is 1.60. The molecule has 0 saturated carbocycles. The van der Waals surface area contributed by atoms with Crippen molar-refractivity contribution in [2.45, 2.75) is 13.8 Å². The number of hydrogen-bond donors (Lipinski definition) is 0. The molecule has 0 N–H and O–H groups in total. The Bertz CT molecular complexity index is 393. The first kappa shape index (κ1) is 9.29. The van der Waals surface area contributed by atoms with E-state index in [2.05, 4.69) is 9.98 Å². The second-order valence-electron chi connectivity index (χ2n) is 2.59. The summed E-state index contributed by atoms with van der Waals surface area (Å²) < 4.78 is 0. The summed E-state index contributed by atoms with van der Waals surface area (Å²) in [5.74, 6) is -0.597. The Morgan fingerprint density at radius 3 is 2.69 bits per heavy atom. The number of hydrogen-bond acceptors (Lipinski definition) is 3. The lowest BCUT2D eigenvalue weighted by molar-refractivity contribution is 0.100. The van der Waals surface area contributed by atoms with Crippen LogP contribution < -0.4 is 0 Å². The van der Waals surface area contributed by atoms with E-state index in [1.165, 1.54) is 6.08 Å². The van der Waals surface area contributed by atoms with Gasteiger partial charge in [-0.15, -0.1) is 4.99 Å². The minimum atomic E-state index is -0.597. The summed E-state index contributed by atoms with van der Waals surface area (Å²) in [6, 6.07) is 3.29. The second kappa shape index (κ2) is 3.74. The maximum Gasteiger partial charge on any atom is 0.289 e. The Kier molecular flexibility index (Phi) is 2.67. The van der Waals surface area contributed by atoms with E-state index in [1.54, 1.807) is 19.1 Å². The monoisotopic (exact) mass is 176 g/mol. The molecular weight excluding hydrogens is 168 g/mol. The molecule has 0 unspecified atom stereocenters. The number of rotatable bonds is 1. The smallest absolute Gasteiger partial charge is 0.266 e. The Hall–Kier alpha value is -1.80. The molecule has 1 heterocycles. The predicted molar refractivity (Wildman–Crippen MR) is 46.2 cm³/mol. The van der Waals surface area contributed by atoms with E-state index >= 15 is 0 Å². The van der Waals surface area contributed by atoms with Crippen molar-refractivity contribution < 1.29 is 9.59 Å². The summed E-state index contributed by atoms with van der Waals surface area (Å²) >= 11 is 0. The summed E-state index contributed by atoms with van der Waals surface area (Å²) in [5, 5.41) is 0. The van der Waals surface area contributed by atoms with Gasteiger partial charge in [-0.05, 0) is 26.0 Å². The molecule has 0 aliphatic heterocycles. The molecule has 0 atom stereocenters. The quantitative estimate of drug-likeness (QED) is 0.476. The topological polar surface area (TPSA) is 59.4 Å². The van der Waals surface area contributed by atoms with Gasteiger partial charge in [0.05, 0.1) is 11.3 Å². The Morgan fingerprint density at radius 1 is 1.46 bits per heavy atom. The molecule has 1 aromatic rings. The van der Waals surface area contributed by atoms with E-state index in [-0.39, 0.29) is 0 Å². The number of carbonyl (C=O) groups is 1. The third-order valence-corrected chi connectivity index (χ3v) is 1.60. The molecule has 0 spiro atoms. The summed E-state index contributed by atoms with van der Waals surface area (Å²) in [6.07, 6.45) is 1.21. The summed E-state index contributed by atoms with van der Waals surface area (Å²) in [4.78, 5) is 28.0. The molecule has 1 aromatic heterocycles. The maximum atomic E-state index is 11.1. The number of nitrogens with zero attached hydrogens (tertiary/aromatic N) is 2. The molecule has 1 rings (SSSR count). The molecule has 0 bridgehead atoms. The molecule has 4 nitrogen and oxygen atoms in total.